The molecule has 1 saturated heterocycles. The molecule has 2 aliphatic rings. The van der Waals surface area contributed by atoms with Gasteiger partial charge in [0.1, 0.15) is 36.3 Å². The van der Waals surface area contributed by atoms with Gasteiger partial charge in [-0.3, -0.25) is 0 Å². The Hall–Kier alpha value is -3.00. The second-order valence-corrected chi connectivity index (χ2v) is 7.92. The Labute approximate surface area is 186 Å². The number of hydrogen-bond donors (Lipinski definition) is 9. The number of fused-ring (bicyclic) bond motifs is 1. The van der Waals surface area contributed by atoms with E-state index in [2.05, 4.69) is 0 Å². The Balaban J connectivity index is 1.62. The van der Waals surface area contributed by atoms with Gasteiger partial charge in [0.05, 0.1) is 12.7 Å². The lowest BCUT2D eigenvalue weighted by atomic mass is 9.93. The van der Waals surface area contributed by atoms with Crippen LogP contribution in [0.5, 0.6) is 34.5 Å². The SMILES string of the molecule is OC[C@H]1O[C@@H](Oc2c(O)cc3c(c2O)C[C@@H](O)[C@@H](c2ccc(O)c(O)c2)O3)[C@H](O)[C@@H](O)[C@@H]1O. The average molecular weight is 468 g/mol. The number of benzene rings is 2. The maximum absolute atomic E-state index is 10.7. The van der Waals surface area contributed by atoms with Crippen molar-refractivity contribution in [3.63, 3.8) is 0 Å². The van der Waals surface area contributed by atoms with Gasteiger partial charge in [0.25, 0.3) is 0 Å². The van der Waals surface area contributed by atoms with Crippen LogP contribution in [0.1, 0.15) is 17.2 Å². The van der Waals surface area contributed by atoms with Crippen molar-refractivity contribution in [3.8, 4) is 34.5 Å². The molecule has 12 heteroatoms. The van der Waals surface area contributed by atoms with Gasteiger partial charge in [-0.1, -0.05) is 6.07 Å². The fourth-order valence-corrected chi connectivity index (χ4v) is 3.89. The quantitative estimate of drug-likeness (QED) is 0.240. The summed E-state index contributed by atoms with van der Waals surface area (Å²) in [7, 11) is 0. The van der Waals surface area contributed by atoms with Gasteiger partial charge in [0.15, 0.2) is 23.0 Å². The van der Waals surface area contributed by atoms with Crippen molar-refractivity contribution < 1.29 is 60.2 Å². The maximum Gasteiger partial charge on any atom is 0.229 e. The van der Waals surface area contributed by atoms with Crippen LogP contribution in [0.4, 0.5) is 0 Å². The molecule has 0 spiro atoms. The van der Waals surface area contributed by atoms with Crippen molar-refractivity contribution in [2.45, 2.75) is 49.3 Å². The van der Waals surface area contributed by atoms with Gasteiger partial charge >= 0.3 is 0 Å². The van der Waals surface area contributed by atoms with Crippen molar-refractivity contribution in [1.29, 1.82) is 0 Å². The predicted molar refractivity (Wildman–Crippen MR) is 107 cm³/mol. The largest absolute Gasteiger partial charge is 0.504 e. The highest BCUT2D eigenvalue weighted by molar-refractivity contribution is 5.61. The number of rotatable bonds is 4. The molecule has 0 radical (unpaired) electrons. The maximum atomic E-state index is 10.7. The molecule has 9 N–H and O–H groups in total. The van der Waals surface area contributed by atoms with Gasteiger partial charge in [0.2, 0.25) is 12.0 Å². The van der Waals surface area contributed by atoms with Crippen LogP contribution >= 0.6 is 0 Å². The zero-order chi connectivity index (χ0) is 24.0. The van der Waals surface area contributed by atoms with E-state index >= 15 is 0 Å². The van der Waals surface area contributed by atoms with Crippen LogP contribution in [0, 0.1) is 0 Å². The first-order valence-electron chi connectivity index (χ1n) is 10.0. The van der Waals surface area contributed by atoms with Crippen molar-refractivity contribution in [1.82, 2.24) is 0 Å². The highest BCUT2D eigenvalue weighted by Gasteiger charge is 2.45. The molecule has 0 aromatic heterocycles. The standard InChI is InChI=1S/C21H24O12/c22-6-14-16(28)17(29)18(30)21(32-14)33-20-12(26)5-13-8(15(20)27)4-11(25)19(31-13)7-1-2-9(23)10(24)3-7/h1-3,5,11,14,16-19,21-30H,4,6H2/t11-,14-,16-,17+,18-,19-,21+/m1/s1. The third-order valence-corrected chi connectivity index (χ3v) is 5.73. The zero-order valence-corrected chi connectivity index (χ0v) is 17.0. The van der Waals surface area contributed by atoms with Gasteiger partial charge in [0, 0.05) is 18.1 Å². The molecule has 12 nitrogen and oxygen atoms in total. The molecule has 2 aromatic carbocycles. The molecule has 0 amide bonds. The molecule has 4 rings (SSSR count). The van der Waals surface area contributed by atoms with E-state index < -0.39 is 72.5 Å². The Morgan fingerprint density at radius 3 is 2.27 bits per heavy atom. The summed E-state index contributed by atoms with van der Waals surface area (Å²) in [5.41, 5.74) is 0.406. The number of hydrogen-bond acceptors (Lipinski definition) is 12. The number of aliphatic hydroxyl groups is 5. The van der Waals surface area contributed by atoms with Crippen molar-refractivity contribution in [2.24, 2.45) is 0 Å². The van der Waals surface area contributed by atoms with E-state index in [0.29, 0.717) is 5.56 Å². The fourth-order valence-electron chi connectivity index (χ4n) is 3.89. The lowest BCUT2D eigenvalue weighted by molar-refractivity contribution is -0.277. The van der Waals surface area contributed by atoms with Crippen molar-refractivity contribution in [3.05, 3.63) is 35.4 Å². The van der Waals surface area contributed by atoms with Gasteiger partial charge in [-0.2, -0.15) is 0 Å². The summed E-state index contributed by atoms with van der Waals surface area (Å²) in [6, 6.07) is 4.98. The summed E-state index contributed by atoms with van der Waals surface area (Å²) in [6.45, 7) is -0.693. The van der Waals surface area contributed by atoms with Crippen LogP contribution in [0.25, 0.3) is 0 Å². The van der Waals surface area contributed by atoms with Crippen LogP contribution < -0.4 is 9.47 Å². The Bertz CT molecular complexity index is 1020. The van der Waals surface area contributed by atoms with Gasteiger partial charge in [-0.05, 0) is 17.7 Å². The highest BCUT2D eigenvalue weighted by Crippen LogP contribution is 2.49. The third-order valence-electron chi connectivity index (χ3n) is 5.73. The molecule has 7 atom stereocenters. The molecule has 0 bridgehead atoms. The van der Waals surface area contributed by atoms with Gasteiger partial charge < -0.3 is 60.2 Å². The van der Waals surface area contributed by atoms with Crippen molar-refractivity contribution >= 4 is 0 Å². The summed E-state index contributed by atoms with van der Waals surface area (Å²) in [5.74, 6) is -2.53. The summed E-state index contributed by atoms with van der Waals surface area (Å²) >= 11 is 0. The first-order chi connectivity index (χ1) is 15.6. The summed E-state index contributed by atoms with van der Waals surface area (Å²) in [6.07, 6.45) is -10.4. The van der Waals surface area contributed by atoms with E-state index in [-0.39, 0.29) is 23.5 Å². The fraction of sp³-hybridized carbons (Fsp3) is 0.429. The lowest BCUT2D eigenvalue weighted by Gasteiger charge is -2.39. The monoisotopic (exact) mass is 468 g/mol. The van der Waals surface area contributed by atoms with E-state index in [9.17, 15) is 46.0 Å². The lowest BCUT2D eigenvalue weighted by Crippen LogP contribution is -2.60. The molecular weight excluding hydrogens is 444 g/mol. The van der Waals surface area contributed by atoms with E-state index in [1.165, 1.54) is 18.2 Å². The topological polar surface area (TPSA) is 210 Å². The molecule has 0 aliphatic carbocycles. The normalized spacial score (nSPS) is 31.5. The number of ether oxygens (including phenoxy) is 3. The number of phenolic OH excluding ortho intramolecular Hbond substituents is 4. The molecule has 2 heterocycles. The molecule has 0 unspecified atom stereocenters. The van der Waals surface area contributed by atoms with E-state index in [4.69, 9.17) is 14.2 Å². The molecule has 1 fully saturated rings. The summed E-state index contributed by atoms with van der Waals surface area (Å²) < 4.78 is 16.3. The van der Waals surface area contributed by atoms with Crippen molar-refractivity contribution in [2.75, 3.05) is 6.61 Å². The van der Waals surface area contributed by atoms with Crippen LogP contribution in [-0.2, 0) is 11.2 Å². The van der Waals surface area contributed by atoms with Gasteiger partial charge in [-0.25, -0.2) is 0 Å². The molecule has 180 valence electrons. The van der Waals surface area contributed by atoms with E-state index in [1.54, 1.807) is 0 Å². The number of phenols is 4. The van der Waals surface area contributed by atoms with E-state index in [1.807, 2.05) is 0 Å². The smallest absolute Gasteiger partial charge is 0.229 e. The molecule has 33 heavy (non-hydrogen) atoms. The Kier molecular flexibility index (Phi) is 6.14. The predicted octanol–water partition coefficient (Wildman–Crippen LogP) is -1.28. The zero-order valence-electron chi connectivity index (χ0n) is 17.0. The van der Waals surface area contributed by atoms with Crippen LogP contribution in [-0.4, -0.2) is 89.4 Å². The molecule has 2 aromatic rings. The minimum absolute atomic E-state index is 0.00835. The first kappa shape index (κ1) is 23.2. The van der Waals surface area contributed by atoms with Crippen LogP contribution in [0.15, 0.2) is 24.3 Å². The minimum atomic E-state index is -1.77. The molecular formula is C21H24O12. The highest BCUT2D eigenvalue weighted by atomic mass is 16.7. The molecule has 2 aliphatic heterocycles. The molecule has 0 saturated carbocycles. The second-order valence-electron chi connectivity index (χ2n) is 7.92. The van der Waals surface area contributed by atoms with E-state index in [0.717, 1.165) is 6.07 Å². The van der Waals surface area contributed by atoms with Crippen LogP contribution in [0.3, 0.4) is 0 Å². The number of aliphatic hydroxyl groups excluding tert-OH is 5. The number of aromatic hydroxyl groups is 4. The van der Waals surface area contributed by atoms with Crippen LogP contribution in [0.2, 0.25) is 0 Å². The second kappa shape index (κ2) is 8.74. The Morgan fingerprint density at radius 1 is 0.879 bits per heavy atom. The first-order valence-corrected chi connectivity index (χ1v) is 10.0. The van der Waals surface area contributed by atoms with Gasteiger partial charge in [-0.15, -0.1) is 0 Å². The summed E-state index contributed by atoms with van der Waals surface area (Å²) in [5, 5.41) is 90.1. The Morgan fingerprint density at radius 2 is 1.61 bits per heavy atom. The minimum Gasteiger partial charge on any atom is -0.504 e. The summed E-state index contributed by atoms with van der Waals surface area (Å²) in [4.78, 5) is 0. The average Bonchev–Trinajstić information content (AvgIpc) is 2.78. The third kappa shape index (κ3) is 4.08.